The molecule has 14 heavy (non-hydrogen) atoms. The molecule has 0 fully saturated rings. The summed E-state index contributed by atoms with van der Waals surface area (Å²) in [5.41, 5.74) is 6.74. The fourth-order valence-electron chi connectivity index (χ4n) is 1.42. The number of benzene rings is 1. The first-order valence-electron chi connectivity index (χ1n) is 4.81. The van der Waals surface area contributed by atoms with Gasteiger partial charge in [-0.3, -0.25) is 0 Å². The summed E-state index contributed by atoms with van der Waals surface area (Å²) in [5, 5.41) is 0.883. The van der Waals surface area contributed by atoms with Crippen LogP contribution in [0.25, 0.3) is 0 Å². The first-order valence-corrected chi connectivity index (χ1v) is 6.41. The van der Waals surface area contributed by atoms with Crippen LogP contribution < -0.4 is 5.73 Å². The highest BCUT2D eigenvalue weighted by atomic mass is 35.5. The Balaban J connectivity index is 2.72. The minimum atomic E-state index is 0.763. The highest BCUT2D eigenvalue weighted by Gasteiger charge is 2.05. The smallest absolute Gasteiger partial charge is 0.0449 e. The molecule has 0 atom stereocenters. The van der Waals surface area contributed by atoms with E-state index in [1.807, 2.05) is 12.1 Å². The lowest BCUT2D eigenvalue weighted by molar-refractivity contribution is 0.738. The van der Waals surface area contributed by atoms with Crippen molar-refractivity contribution >= 4 is 23.4 Å². The summed E-state index contributed by atoms with van der Waals surface area (Å²) in [4.78, 5) is 1.29. The van der Waals surface area contributed by atoms with Gasteiger partial charge in [-0.1, -0.05) is 17.7 Å². The topological polar surface area (TPSA) is 26.0 Å². The molecular weight excluding hydrogens is 214 g/mol. The summed E-state index contributed by atoms with van der Waals surface area (Å²) >= 11 is 7.89. The van der Waals surface area contributed by atoms with E-state index >= 15 is 0 Å². The summed E-state index contributed by atoms with van der Waals surface area (Å²) in [5.74, 6) is 0. The molecule has 3 heteroatoms. The summed E-state index contributed by atoms with van der Waals surface area (Å²) < 4.78 is 0. The van der Waals surface area contributed by atoms with Gasteiger partial charge in [0.05, 0.1) is 0 Å². The average molecular weight is 230 g/mol. The monoisotopic (exact) mass is 229 g/mol. The Bertz CT molecular complexity index is 289. The third-order valence-electron chi connectivity index (χ3n) is 2.18. The third-order valence-corrected chi connectivity index (χ3v) is 3.35. The summed E-state index contributed by atoms with van der Waals surface area (Å²) in [6.45, 7) is 0.763. The van der Waals surface area contributed by atoms with Crippen LogP contribution in [0.1, 0.15) is 18.4 Å². The van der Waals surface area contributed by atoms with Crippen LogP contribution in [0.3, 0.4) is 0 Å². The molecule has 78 valence electrons. The highest BCUT2D eigenvalue weighted by molar-refractivity contribution is 7.98. The van der Waals surface area contributed by atoms with Gasteiger partial charge >= 0.3 is 0 Å². The van der Waals surface area contributed by atoms with Gasteiger partial charge < -0.3 is 5.73 Å². The Labute approximate surface area is 95.0 Å². The Morgan fingerprint density at radius 1 is 1.36 bits per heavy atom. The molecule has 0 radical (unpaired) electrons. The molecular formula is C11H16ClNS. The van der Waals surface area contributed by atoms with Crippen LogP contribution in [-0.4, -0.2) is 12.8 Å². The molecule has 1 aromatic carbocycles. The molecule has 0 aliphatic rings. The number of nitrogens with two attached hydrogens (primary N) is 1. The largest absolute Gasteiger partial charge is 0.330 e. The zero-order valence-corrected chi connectivity index (χ0v) is 10.00. The maximum atomic E-state index is 6.14. The van der Waals surface area contributed by atoms with Gasteiger partial charge in [0.25, 0.3) is 0 Å². The second-order valence-electron chi connectivity index (χ2n) is 3.17. The molecule has 0 bridgehead atoms. The maximum absolute atomic E-state index is 6.14. The van der Waals surface area contributed by atoms with E-state index in [-0.39, 0.29) is 0 Å². The molecule has 1 nitrogen and oxygen atoms in total. The van der Waals surface area contributed by atoms with Crippen LogP contribution >= 0.6 is 23.4 Å². The van der Waals surface area contributed by atoms with Gasteiger partial charge in [-0.2, -0.15) is 0 Å². The van der Waals surface area contributed by atoms with E-state index in [9.17, 15) is 0 Å². The van der Waals surface area contributed by atoms with Crippen molar-refractivity contribution in [3.05, 3.63) is 28.8 Å². The van der Waals surface area contributed by atoms with Crippen molar-refractivity contribution in [1.29, 1.82) is 0 Å². The number of thioether (sulfide) groups is 1. The number of rotatable bonds is 5. The van der Waals surface area contributed by atoms with E-state index in [0.717, 1.165) is 30.8 Å². The van der Waals surface area contributed by atoms with E-state index in [1.165, 1.54) is 10.5 Å². The van der Waals surface area contributed by atoms with E-state index in [1.54, 1.807) is 11.8 Å². The molecule has 0 aliphatic carbocycles. The Hall–Kier alpha value is -0.180. The molecule has 0 aliphatic heterocycles. The molecule has 0 aromatic heterocycles. The van der Waals surface area contributed by atoms with Gasteiger partial charge in [0.15, 0.2) is 0 Å². The second-order valence-corrected chi connectivity index (χ2v) is 4.42. The summed E-state index contributed by atoms with van der Waals surface area (Å²) in [6, 6.07) is 6.08. The van der Waals surface area contributed by atoms with Gasteiger partial charge in [0.1, 0.15) is 0 Å². The van der Waals surface area contributed by atoms with Crippen LogP contribution in [-0.2, 0) is 6.42 Å². The number of hydrogen-bond donors (Lipinski definition) is 1. The molecule has 1 aromatic rings. The van der Waals surface area contributed by atoms with Crippen molar-refractivity contribution in [1.82, 2.24) is 0 Å². The molecule has 2 N–H and O–H groups in total. The fraction of sp³-hybridized carbons (Fsp3) is 0.455. The van der Waals surface area contributed by atoms with Gasteiger partial charge in [-0.25, -0.2) is 0 Å². The molecule has 0 amide bonds. The van der Waals surface area contributed by atoms with Crippen LogP contribution in [0.2, 0.25) is 5.02 Å². The predicted molar refractivity (Wildman–Crippen MR) is 65.2 cm³/mol. The Kier molecular flexibility index (Phi) is 5.38. The van der Waals surface area contributed by atoms with Crippen LogP contribution in [0.4, 0.5) is 0 Å². The standard InChI is InChI=1S/C11H16ClNS/c1-14-11-7-4-6-10(12)9(11)5-2-3-8-13/h4,6-7H,2-3,5,8,13H2,1H3. The minimum absolute atomic E-state index is 0.763. The molecule has 0 spiro atoms. The van der Waals surface area contributed by atoms with Gasteiger partial charge in [0.2, 0.25) is 0 Å². The van der Waals surface area contributed by atoms with Crippen molar-refractivity contribution < 1.29 is 0 Å². The second kappa shape index (κ2) is 6.33. The SMILES string of the molecule is CSc1cccc(Cl)c1CCCCN. The lowest BCUT2D eigenvalue weighted by atomic mass is 10.1. The van der Waals surface area contributed by atoms with Crippen LogP contribution in [0.15, 0.2) is 23.1 Å². The van der Waals surface area contributed by atoms with Gasteiger partial charge in [0, 0.05) is 9.92 Å². The Morgan fingerprint density at radius 2 is 2.14 bits per heavy atom. The molecule has 1 rings (SSSR count). The quantitative estimate of drug-likeness (QED) is 0.619. The zero-order valence-electron chi connectivity index (χ0n) is 8.42. The molecule has 0 unspecified atom stereocenters. The third kappa shape index (κ3) is 3.19. The first kappa shape index (κ1) is 11.9. The summed E-state index contributed by atoms with van der Waals surface area (Å²) in [7, 11) is 0. The van der Waals surface area contributed by atoms with E-state index in [2.05, 4.69) is 12.3 Å². The highest BCUT2D eigenvalue weighted by Crippen LogP contribution is 2.28. The predicted octanol–water partition coefficient (Wildman–Crippen LogP) is 3.34. The number of unbranched alkanes of at least 4 members (excludes halogenated alkanes) is 1. The van der Waals surface area contributed by atoms with Gasteiger partial charge in [-0.05, 0) is 49.8 Å². The van der Waals surface area contributed by atoms with Crippen molar-refractivity contribution in [3.8, 4) is 0 Å². The van der Waals surface area contributed by atoms with Crippen molar-refractivity contribution in [2.24, 2.45) is 5.73 Å². The fourth-order valence-corrected chi connectivity index (χ4v) is 2.42. The average Bonchev–Trinajstić information content (AvgIpc) is 2.20. The molecule has 0 saturated carbocycles. The normalized spacial score (nSPS) is 10.5. The van der Waals surface area contributed by atoms with Crippen molar-refractivity contribution in [3.63, 3.8) is 0 Å². The van der Waals surface area contributed by atoms with E-state index in [0.29, 0.717) is 0 Å². The Morgan fingerprint density at radius 3 is 2.79 bits per heavy atom. The van der Waals surface area contributed by atoms with E-state index < -0.39 is 0 Å². The van der Waals surface area contributed by atoms with Crippen LogP contribution in [0.5, 0.6) is 0 Å². The molecule has 0 heterocycles. The lowest BCUT2D eigenvalue weighted by Crippen LogP contribution is -1.99. The first-order chi connectivity index (χ1) is 6.79. The summed E-state index contributed by atoms with van der Waals surface area (Å²) in [6.07, 6.45) is 5.30. The van der Waals surface area contributed by atoms with Crippen molar-refractivity contribution in [2.45, 2.75) is 24.2 Å². The number of hydrogen-bond acceptors (Lipinski definition) is 2. The lowest BCUT2D eigenvalue weighted by Gasteiger charge is -2.08. The zero-order chi connectivity index (χ0) is 10.4. The van der Waals surface area contributed by atoms with Crippen molar-refractivity contribution in [2.75, 3.05) is 12.8 Å². The number of halogens is 1. The maximum Gasteiger partial charge on any atom is 0.0449 e. The van der Waals surface area contributed by atoms with Crippen LogP contribution in [0, 0.1) is 0 Å². The van der Waals surface area contributed by atoms with E-state index in [4.69, 9.17) is 17.3 Å². The molecule has 0 saturated heterocycles. The van der Waals surface area contributed by atoms with Gasteiger partial charge in [-0.15, -0.1) is 11.8 Å². The minimum Gasteiger partial charge on any atom is -0.330 e.